The normalized spacial score (nSPS) is 13.8. The third kappa shape index (κ3) is 4.43. The van der Waals surface area contributed by atoms with Gasteiger partial charge in [-0.3, -0.25) is 4.98 Å². The first-order valence-electron chi connectivity index (χ1n) is 9.42. The molecule has 1 fully saturated rings. The Bertz CT molecular complexity index is 939. The number of anilines is 2. The van der Waals surface area contributed by atoms with Crippen LogP contribution in [0.5, 0.6) is 5.75 Å². The number of carbonyl (C=O) groups is 1. The van der Waals surface area contributed by atoms with E-state index < -0.39 is 0 Å². The fraction of sp³-hybridized carbons (Fsp3) is 0.238. The number of aromatic nitrogens is 3. The smallest absolute Gasteiger partial charge is 0.321 e. The van der Waals surface area contributed by atoms with E-state index in [2.05, 4.69) is 25.4 Å². The van der Waals surface area contributed by atoms with E-state index in [0.717, 1.165) is 28.5 Å². The molecule has 3 heterocycles. The third-order valence-corrected chi connectivity index (χ3v) is 4.86. The van der Waals surface area contributed by atoms with E-state index in [1.807, 2.05) is 48.5 Å². The zero-order chi connectivity index (χ0) is 20.1. The van der Waals surface area contributed by atoms with E-state index in [0.29, 0.717) is 26.2 Å². The largest absolute Gasteiger partial charge is 0.497 e. The van der Waals surface area contributed by atoms with Gasteiger partial charge in [0.05, 0.1) is 12.8 Å². The summed E-state index contributed by atoms with van der Waals surface area (Å²) in [5.74, 6) is 1.57. The van der Waals surface area contributed by atoms with Crippen LogP contribution in [0.2, 0.25) is 0 Å². The molecular formula is C21H22N6O2. The predicted octanol–water partition coefficient (Wildman–Crippen LogP) is 2.90. The molecule has 0 atom stereocenters. The van der Waals surface area contributed by atoms with Crippen LogP contribution in [0.1, 0.15) is 0 Å². The Morgan fingerprint density at radius 1 is 0.931 bits per heavy atom. The van der Waals surface area contributed by atoms with Crippen LogP contribution in [0.4, 0.5) is 16.3 Å². The average molecular weight is 390 g/mol. The van der Waals surface area contributed by atoms with E-state index in [9.17, 15) is 4.79 Å². The van der Waals surface area contributed by atoms with Crippen LogP contribution >= 0.6 is 0 Å². The lowest BCUT2D eigenvalue weighted by Gasteiger charge is -2.35. The molecule has 3 aromatic rings. The molecule has 2 amide bonds. The first-order valence-corrected chi connectivity index (χ1v) is 9.42. The number of nitrogens with one attached hydrogen (secondary N) is 1. The second-order valence-corrected chi connectivity index (χ2v) is 6.65. The highest BCUT2D eigenvalue weighted by Gasteiger charge is 2.22. The van der Waals surface area contributed by atoms with Crippen molar-refractivity contribution < 1.29 is 9.53 Å². The number of methoxy groups -OCH3 is 1. The van der Waals surface area contributed by atoms with Gasteiger partial charge in [0.25, 0.3) is 0 Å². The van der Waals surface area contributed by atoms with E-state index in [1.165, 1.54) is 0 Å². The van der Waals surface area contributed by atoms with Gasteiger partial charge >= 0.3 is 6.03 Å². The fourth-order valence-electron chi connectivity index (χ4n) is 3.19. The first kappa shape index (κ1) is 18.7. The molecule has 0 aliphatic carbocycles. The highest BCUT2D eigenvalue weighted by molar-refractivity contribution is 5.89. The summed E-state index contributed by atoms with van der Waals surface area (Å²) >= 11 is 0. The van der Waals surface area contributed by atoms with Gasteiger partial charge in [-0.15, -0.1) is 10.2 Å². The van der Waals surface area contributed by atoms with Gasteiger partial charge in [-0.25, -0.2) is 4.79 Å². The molecule has 2 aromatic heterocycles. The van der Waals surface area contributed by atoms with E-state index >= 15 is 0 Å². The summed E-state index contributed by atoms with van der Waals surface area (Å²) in [7, 11) is 1.62. The van der Waals surface area contributed by atoms with Crippen LogP contribution in [0.3, 0.4) is 0 Å². The van der Waals surface area contributed by atoms with Gasteiger partial charge in [-0.05, 0) is 48.5 Å². The molecule has 148 valence electrons. The Balaban J connectivity index is 1.32. The summed E-state index contributed by atoms with van der Waals surface area (Å²) in [6.45, 7) is 2.66. The number of piperazine rings is 1. The maximum Gasteiger partial charge on any atom is 0.321 e. The minimum atomic E-state index is -0.103. The fourth-order valence-corrected chi connectivity index (χ4v) is 3.19. The SMILES string of the molecule is COc1ccc(NC(=O)N2CCN(c3ccc(-c4ccncc4)nn3)CC2)cc1. The number of hydrogen-bond donors (Lipinski definition) is 1. The number of rotatable bonds is 4. The number of benzene rings is 1. The molecule has 1 aliphatic heterocycles. The topological polar surface area (TPSA) is 83.5 Å². The lowest BCUT2D eigenvalue weighted by Crippen LogP contribution is -2.50. The maximum absolute atomic E-state index is 12.5. The van der Waals surface area contributed by atoms with Crippen molar-refractivity contribution >= 4 is 17.5 Å². The molecule has 0 saturated carbocycles. The van der Waals surface area contributed by atoms with Gasteiger partial charge < -0.3 is 19.9 Å². The van der Waals surface area contributed by atoms with Crippen molar-refractivity contribution in [3.8, 4) is 17.0 Å². The number of pyridine rings is 1. The van der Waals surface area contributed by atoms with Crippen molar-refractivity contribution in [2.45, 2.75) is 0 Å². The van der Waals surface area contributed by atoms with Gasteiger partial charge in [-0.1, -0.05) is 0 Å². The minimum absolute atomic E-state index is 0.103. The summed E-state index contributed by atoms with van der Waals surface area (Å²) in [4.78, 5) is 20.5. The van der Waals surface area contributed by atoms with Gasteiger partial charge in [-0.2, -0.15) is 0 Å². The molecule has 8 nitrogen and oxygen atoms in total. The number of nitrogens with zero attached hydrogens (tertiary/aromatic N) is 5. The zero-order valence-corrected chi connectivity index (χ0v) is 16.2. The Kier molecular flexibility index (Phi) is 5.51. The molecule has 1 N–H and O–H groups in total. The molecule has 1 saturated heterocycles. The van der Waals surface area contributed by atoms with Crippen molar-refractivity contribution in [1.82, 2.24) is 20.1 Å². The monoisotopic (exact) mass is 390 g/mol. The second-order valence-electron chi connectivity index (χ2n) is 6.65. The van der Waals surface area contributed by atoms with Gasteiger partial charge in [0.2, 0.25) is 0 Å². The first-order chi connectivity index (χ1) is 14.2. The Hall–Kier alpha value is -3.68. The molecule has 1 aliphatic rings. The summed E-state index contributed by atoms with van der Waals surface area (Å²) in [5.41, 5.74) is 2.54. The standard InChI is InChI=1S/C21H22N6O2/c1-29-18-4-2-17(3-5-18)23-21(28)27-14-12-26(13-15-27)20-7-6-19(24-25-20)16-8-10-22-11-9-16/h2-11H,12-15H2,1H3,(H,23,28). The van der Waals surface area contributed by atoms with Crippen LogP contribution in [0.15, 0.2) is 60.9 Å². The quantitative estimate of drug-likeness (QED) is 0.738. The molecule has 1 aromatic carbocycles. The molecule has 4 rings (SSSR count). The van der Waals surface area contributed by atoms with Crippen molar-refractivity contribution in [3.63, 3.8) is 0 Å². The summed E-state index contributed by atoms with van der Waals surface area (Å²) in [6, 6.07) is 14.9. The number of carbonyl (C=O) groups excluding carboxylic acids is 1. The number of hydrogen-bond acceptors (Lipinski definition) is 6. The summed E-state index contributed by atoms with van der Waals surface area (Å²) < 4.78 is 5.13. The highest BCUT2D eigenvalue weighted by Crippen LogP contribution is 2.19. The van der Waals surface area contributed by atoms with Crippen LogP contribution in [-0.2, 0) is 0 Å². The second kappa shape index (κ2) is 8.55. The summed E-state index contributed by atoms with van der Waals surface area (Å²) in [6.07, 6.45) is 3.47. The maximum atomic E-state index is 12.5. The van der Waals surface area contributed by atoms with E-state index in [-0.39, 0.29) is 6.03 Å². The van der Waals surface area contributed by atoms with E-state index in [1.54, 1.807) is 24.4 Å². The highest BCUT2D eigenvalue weighted by atomic mass is 16.5. The molecule has 8 heteroatoms. The number of amides is 2. The molecule has 29 heavy (non-hydrogen) atoms. The molecule has 0 bridgehead atoms. The van der Waals surface area contributed by atoms with Crippen molar-refractivity contribution in [2.24, 2.45) is 0 Å². The van der Waals surface area contributed by atoms with Crippen molar-refractivity contribution in [2.75, 3.05) is 43.5 Å². The van der Waals surface area contributed by atoms with Gasteiger partial charge in [0.15, 0.2) is 5.82 Å². The van der Waals surface area contributed by atoms with E-state index in [4.69, 9.17) is 4.74 Å². The van der Waals surface area contributed by atoms with Crippen LogP contribution in [0.25, 0.3) is 11.3 Å². The average Bonchev–Trinajstić information content (AvgIpc) is 2.80. The summed E-state index contributed by atoms with van der Waals surface area (Å²) in [5, 5.41) is 11.6. The van der Waals surface area contributed by atoms with Crippen LogP contribution in [0, 0.1) is 0 Å². The lowest BCUT2D eigenvalue weighted by atomic mass is 10.2. The minimum Gasteiger partial charge on any atom is -0.497 e. The number of ether oxygens (including phenoxy) is 1. The third-order valence-electron chi connectivity index (χ3n) is 4.86. The molecule has 0 unspecified atom stereocenters. The number of urea groups is 1. The zero-order valence-electron chi connectivity index (χ0n) is 16.2. The molecule has 0 radical (unpaired) electrons. The van der Waals surface area contributed by atoms with Crippen molar-refractivity contribution in [1.29, 1.82) is 0 Å². The predicted molar refractivity (Wildman–Crippen MR) is 111 cm³/mol. The van der Waals surface area contributed by atoms with Gasteiger partial charge in [0.1, 0.15) is 5.75 Å². The molecule has 0 spiro atoms. The van der Waals surface area contributed by atoms with Crippen molar-refractivity contribution in [3.05, 3.63) is 60.9 Å². The van der Waals surface area contributed by atoms with Crippen LogP contribution in [-0.4, -0.2) is 59.4 Å². The Morgan fingerprint density at radius 3 is 2.28 bits per heavy atom. The Labute approximate surface area is 169 Å². The lowest BCUT2D eigenvalue weighted by molar-refractivity contribution is 0.208. The van der Waals surface area contributed by atoms with Gasteiger partial charge in [0, 0.05) is 49.8 Å². The Morgan fingerprint density at radius 2 is 1.66 bits per heavy atom. The molecular weight excluding hydrogens is 368 g/mol. The van der Waals surface area contributed by atoms with Crippen LogP contribution < -0.4 is 15.0 Å².